The largest absolute Gasteiger partial charge is 0.308 e. The molecule has 2 rings (SSSR count). The average molecular weight is 242 g/mol. The van der Waals surface area contributed by atoms with E-state index in [-0.39, 0.29) is 0 Å². The highest BCUT2D eigenvalue weighted by Crippen LogP contribution is 2.16. The van der Waals surface area contributed by atoms with Crippen LogP contribution in [0.3, 0.4) is 0 Å². The van der Waals surface area contributed by atoms with E-state index in [1.54, 1.807) is 0 Å². The van der Waals surface area contributed by atoms with Crippen LogP contribution in [-0.4, -0.2) is 9.97 Å². The van der Waals surface area contributed by atoms with Gasteiger partial charge in [-0.1, -0.05) is 24.3 Å². The molecular weight excluding hydrogens is 224 g/mol. The van der Waals surface area contributed by atoms with Gasteiger partial charge in [-0.2, -0.15) is 0 Å². The molecule has 0 aliphatic heterocycles. The summed E-state index contributed by atoms with van der Waals surface area (Å²) in [6, 6.07) is 8.26. The first kappa shape index (κ1) is 12.5. The Bertz CT molecular complexity index is 564. The third kappa shape index (κ3) is 2.49. The third-order valence-electron chi connectivity index (χ3n) is 3.18. The van der Waals surface area contributed by atoms with E-state index in [9.17, 15) is 0 Å². The summed E-state index contributed by atoms with van der Waals surface area (Å²) in [5.41, 5.74) is 7.07. The Morgan fingerprint density at radius 2 is 1.83 bits per heavy atom. The molecule has 0 spiro atoms. The first-order valence-corrected chi connectivity index (χ1v) is 5.97. The highest BCUT2D eigenvalue weighted by molar-refractivity contribution is 5.44. The van der Waals surface area contributed by atoms with Crippen molar-refractivity contribution in [1.82, 2.24) is 9.97 Å². The lowest BCUT2D eigenvalue weighted by Crippen LogP contribution is -2.13. The summed E-state index contributed by atoms with van der Waals surface area (Å²) in [6.45, 7) is 6.03. The quantitative estimate of drug-likeness (QED) is 0.640. The summed E-state index contributed by atoms with van der Waals surface area (Å²) >= 11 is 0. The molecule has 94 valence electrons. The van der Waals surface area contributed by atoms with Crippen LogP contribution in [0, 0.1) is 20.8 Å². The Kier molecular flexibility index (Phi) is 3.58. The molecule has 0 radical (unpaired) electrons. The average Bonchev–Trinajstić information content (AvgIpc) is 2.36. The molecule has 4 heteroatoms. The molecule has 1 aromatic carbocycles. The fraction of sp³-hybridized carbons (Fsp3) is 0.286. The van der Waals surface area contributed by atoms with Gasteiger partial charge in [0.2, 0.25) is 0 Å². The van der Waals surface area contributed by atoms with Gasteiger partial charge in [-0.15, -0.1) is 0 Å². The molecule has 1 heterocycles. The molecule has 0 bridgehead atoms. The lowest BCUT2D eigenvalue weighted by atomic mass is 10.1. The molecule has 0 atom stereocenters. The predicted octanol–water partition coefficient (Wildman–Crippen LogP) is 2.28. The summed E-state index contributed by atoms with van der Waals surface area (Å²) < 4.78 is 0. The van der Waals surface area contributed by atoms with E-state index in [1.165, 1.54) is 11.1 Å². The van der Waals surface area contributed by atoms with E-state index in [4.69, 9.17) is 5.84 Å². The molecule has 0 amide bonds. The third-order valence-corrected chi connectivity index (χ3v) is 3.18. The van der Waals surface area contributed by atoms with Gasteiger partial charge in [0.15, 0.2) is 0 Å². The lowest BCUT2D eigenvalue weighted by molar-refractivity contribution is 0.920. The maximum absolute atomic E-state index is 5.47. The predicted molar refractivity (Wildman–Crippen MR) is 73.3 cm³/mol. The van der Waals surface area contributed by atoms with Crippen LogP contribution >= 0.6 is 0 Å². The van der Waals surface area contributed by atoms with Crippen LogP contribution in [0.25, 0.3) is 0 Å². The van der Waals surface area contributed by atoms with E-state index in [2.05, 4.69) is 34.5 Å². The SMILES string of the molecule is Cc1ccccc1Cc1nc(C)c(C)c(NN)n1. The number of aryl methyl sites for hydroxylation is 2. The molecule has 2 aromatic rings. The van der Waals surface area contributed by atoms with Crippen LogP contribution in [-0.2, 0) is 6.42 Å². The number of nitrogens with one attached hydrogen (secondary N) is 1. The molecule has 0 fully saturated rings. The van der Waals surface area contributed by atoms with Crippen molar-refractivity contribution < 1.29 is 0 Å². The second-order valence-corrected chi connectivity index (χ2v) is 4.45. The Hall–Kier alpha value is -1.94. The topological polar surface area (TPSA) is 63.8 Å². The minimum absolute atomic E-state index is 0.700. The maximum atomic E-state index is 5.47. The smallest absolute Gasteiger partial charge is 0.146 e. The van der Waals surface area contributed by atoms with E-state index >= 15 is 0 Å². The normalized spacial score (nSPS) is 10.4. The van der Waals surface area contributed by atoms with Gasteiger partial charge in [-0.25, -0.2) is 15.8 Å². The zero-order chi connectivity index (χ0) is 13.1. The molecule has 1 aromatic heterocycles. The monoisotopic (exact) mass is 242 g/mol. The summed E-state index contributed by atoms with van der Waals surface area (Å²) in [5.74, 6) is 6.96. The zero-order valence-corrected chi connectivity index (χ0v) is 11.0. The Labute approximate surface area is 107 Å². The molecule has 4 nitrogen and oxygen atoms in total. The van der Waals surface area contributed by atoms with Crippen LogP contribution in [0.5, 0.6) is 0 Å². The number of rotatable bonds is 3. The maximum Gasteiger partial charge on any atom is 0.146 e. The Morgan fingerprint density at radius 1 is 1.11 bits per heavy atom. The van der Waals surface area contributed by atoms with Gasteiger partial charge in [0.25, 0.3) is 0 Å². The second kappa shape index (κ2) is 5.14. The summed E-state index contributed by atoms with van der Waals surface area (Å²) in [4.78, 5) is 8.95. The van der Waals surface area contributed by atoms with Crippen molar-refractivity contribution >= 4 is 5.82 Å². The van der Waals surface area contributed by atoms with Crippen LogP contribution in [0.4, 0.5) is 5.82 Å². The summed E-state index contributed by atoms with van der Waals surface area (Å²) in [7, 11) is 0. The minimum atomic E-state index is 0.700. The molecule has 3 N–H and O–H groups in total. The lowest BCUT2D eigenvalue weighted by Gasteiger charge is -2.10. The number of hydrogen-bond acceptors (Lipinski definition) is 4. The number of nitrogen functional groups attached to an aromatic ring is 1. The zero-order valence-electron chi connectivity index (χ0n) is 11.0. The van der Waals surface area contributed by atoms with Crippen molar-refractivity contribution in [2.75, 3.05) is 5.43 Å². The number of hydrazine groups is 1. The van der Waals surface area contributed by atoms with Crippen molar-refractivity contribution in [2.45, 2.75) is 27.2 Å². The standard InChI is InChI=1S/C14H18N4/c1-9-6-4-5-7-12(9)8-13-16-11(3)10(2)14(17-13)18-15/h4-7H,8,15H2,1-3H3,(H,16,17,18). The fourth-order valence-electron chi connectivity index (χ4n) is 1.89. The van der Waals surface area contributed by atoms with Crippen LogP contribution < -0.4 is 11.3 Å². The van der Waals surface area contributed by atoms with Gasteiger partial charge < -0.3 is 5.43 Å². The van der Waals surface area contributed by atoms with Gasteiger partial charge in [0, 0.05) is 17.7 Å². The Balaban J connectivity index is 2.36. The van der Waals surface area contributed by atoms with Crippen molar-refractivity contribution in [3.63, 3.8) is 0 Å². The number of anilines is 1. The molecule has 0 unspecified atom stereocenters. The van der Waals surface area contributed by atoms with Gasteiger partial charge in [0.1, 0.15) is 11.6 Å². The highest BCUT2D eigenvalue weighted by Gasteiger charge is 2.08. The Morgan fingerprint density at radius 3 is 2.50 bits per heavy atom. The van der Waals surface area contributed by atoms with E-state index in [1.807, 2.05) is 26.0 Å². The van der Waals surface area contributed by atoms with Gasteiger partial charge in [0.05, 0.1) is 0 Å². The summed E-state index contributed by atoms with van der Waals surface area (Å²) in [6.07, 6.45) is 0.725. The molecule has 0 aliphatic carbocycles. The number of benzene rings is 1. The highest BCUT2D eigenvalue weighted by atomic mass is 15.3. The van der Waals surface area contributed by atoms with E-state index < -0.39 is 0 Å². The molecule has 0 aliphatic rings. The molecule has 0 saturated heterocycles. The van der Waals surface area contributed by atoms with Gasteiger partial charge in [-0.3, -0.25) is 0 Å². The molecular formula is C14H18N4. The number of hydrogen-bond donors (Lipinski definition) is 2. The first-order chi connectivity index (χ1) is 8.61. The summed E-state index contributed by atoms with van der Waals surface area (Å²) in [5, 5.41) is 0. The number of aromatic nitrogens is 2. The number of nitrogens with zero attached hydrogens (tertiary/aromatic N) is 2. The van der Waals surface area contributed by atoms with E-state index in [0.717, 1.165) is 23.5 Å². The van der Waals surface area contributed by atoms with Crippen molar-refractivity contribution in [1.29, 1.82) is 0 Å². The van der Waals surface area contributed by atoms with Crippen molar-refractivity contribution in [3.05, 3.63) is 52.5 Å². The second-order valence-electron chi connectivity index (χ2n) is 4.45. The van der Waals surface area contributed by atoms with Gasteiger partial charge in [-0.05, 0) is 31.9 Å². The first-order valence-electron chi connectivity index (χ1n) is 5.97. The molecule has 0 saturated carbocycles. The van der Waals surface area contributed by atoms with E-state index in [0.29, 0.717) is 5.82 Å². The fourth-order valence-corrected chi connectivity index (χ4v) is 1.89. The minimum Gasteiger partial charge on any atom is -0.308 e. The van der Waals surface area contributed by atoms with Crippen molar-refractivity contribution in [3.8, 4) is 0 Å². The molecule has 18 heavy (non-hydrogen) atoms. The van der Waals surface area contributed by atoms with Crippen LogP contribution in [0.15, 0.2) is 24.3 Å². The number of nitrogens with two attached hydrogens (primary N) is 1. The van der Waals surface area contributed by atoms with Crippen LogP contribution in [0.2, 0.25) is 0 Å². The van der Waals surface area contributed by atoms with Crippen LogP contribution in [0.1, 0.15) is 28.2 Å². The van der Waals surface area contributed by atoms with Gasteiger partial charge >= 0.3 is 0 Å². The van der Waals surface area contributed by atoms with Crippen molar-refractivity contribution in [2.24, 2.45) is 5.84 Å².